The Morgan fingerprint density at radius 1 is 1.62 bits per heavy atom. The van der Waals surface area contributed by atoms with Crippen LogP contribution in [0.1, 0.15) is 18.5 Å². The molecule has 1 aromatic rings. The molecule has 0 radical (unpaired) electrons. The Morgan fingerprint density at radius 2 is 2.38 bits per heavy atom. The largest absolute Gasteiger partial charge is 0.300 e. The molecular weight excluding hydrogens is 226 g/mol. The van der Waals surface area contributed by atoms with Crippen LogP contribution in [-0.2, 0) is 0 Å². The van der Waals surface area contributed by atoms with Crippen molar-refractivity contribution in [3.05, 3.63) is 34.3 Å². The lowest BCUT2D eigenvalue weighted by atomic mass is 10.1. The first-order valence-corrected chi connectivity index (χ1v) is 4.95. The van der Waals surface area contributed by atoms with Crippen LogP contribution in [0.15, 0.2) is 28.7 Å². The fraction of sp³-hybridized carbons (Fsp3) is 0.273. The average molecular weight is 238 g/mol. The molecule has 1 aromatic carbocycles. The van der Waals surface area contributed by atoms with Gasteiger partial charge >= 0.3 is 0 Å². The molecule has 1 atom stereocenters. The third kappa shape index (κ3) is 3.22. The minimum absolute atomic E-state index is 0.300. The van der Waals surface area contributed by atoms with E-state index < -0.39 is 0 Å². The summed E-state index contributed by atoms with van der Waals surface area (Å²) in [5, 5.41) is 3.22. The van der Waals surface area contributed by atoms with Crippen molar-refractivity contribution in [1.29, 1.82) is 0 Å². The smallest absolute Gasteiger partial charge is 0.0578 e. The Bertz CT molecular complexity index is 314. The zero-order chi connectivity index (χ0) is 9.68. The second-order valence-corrected chi connectivity index (χ2v) is 3.78. The third-order valence-electron chi connectivity index (χ3n) is 1.86. The molecule has 1 nitrogen and oxygen atoms in total. The van der Waals surface area contributed by atoms with Gasteiger partial charge in [0.25, 0.3) is 0 Å². The number of benzene rings is 1. The number of nitrogens with one attached hydrogen (secondary N) is 1. The zero-order valence-corrected chi connectivity index (χ0v) is 9.14. The van der Waals surface area contributed by atoms with E-state index >= 15 is 0 Å². The lowest BCUT2D eigenvalue weighted by Crippen LogP contribution is -2.18. The summed E-state index contributed by atoms with van der Waals surface area (Å²) in [5.74, 6) is 2.56. The first-order valence-electron chi connectivity index (χ1n) is 4.16. The monoisotopic (exact) mass is 237 g/mol. The average Bonchev–Trinajstić information content (AvgIpc) is 2.14. The van der Waals surface area contributed by atoms with Gasteiger partial charge in [0.1, 0.15) is 0 Å². The molecule has 1 rings (SSSR count). The van der Waals surface area contributed by atoms with Gasteiger partial charge < -0.3 is 0 Å². The van der Waals surface area contributed by atoms with Crippen molar-refractivity contribution in [2.24, 2.45) is 0 Å². The van der Waals surface area contributed by atoms with E-state index in [-0.39, 0.29) is 0 Å². The summed E-state index contributed by atoms with van der Waals surface area (Å²) in [7, 11) is 0. The van der Waals surface area contributed by atoms with E-state index in [9.17, 15) is 0 Å². The molecule has 0 heterocycles. The number of halogens is 1. The molecular formula is C11H12BrN. The van der Waals surface area contributed by atoms with Crippen molar-refractivity contribution in [2.45, 2.75) is 13.0 Å². The first-order chi connectivity index (χ1) is 6.24. The van der Waals surface area contributed by atoms with Crippen molar-refractivity contribution in [3.63, 3.8) is 0 Å². The Morgan fingerprint density at radius 3 is 3.00 bits per heavy atom. The Balaban J connectivity index is 2.66. The molecule has 0 aromatic heterocycles. The fourth-order valence-electron chi connectivity index (χ4n) is 1.11. The van der Waals surface area contributed by atoms with Gasteiger partial charge in [-0.25, -0.2) is 0 Å². The van der Waals surface area contributed by atoms with Gasteiger partial charge in [0.2, 0.25) is 0 Å². The first kappa shape index (κ1) is 10.3. The highest BCUT2D eigenvalue weighted by molar-refractivity contribution is 9.10. The second kappa shape index (κ2) is 5.06. The number of rotatable bonds is 3. The van der Waals surface area contributed by atoms with Gasteiger partial charge in [-0.2, -0.15) is 0 Å². The van der Waals surface area contributed by atoms with Crippen molar-refractivity contribution in [1.82, 2.24) is 5.32 Å². The Kier molecular flexibility index (Phi) is 4.01. The van der Waals surface area contributed by atoms with Gasteiger partial charge in [-0.1, -0.05) is 34.0 Å². The number of hydrogen-bond acceptors (Lipinski definition) is 1. The quantitative estimate of drug-likeness (QED) is 0.798. The van der Waals surface area contributed by atoms with Crippen LogP contribution in [0.2, 0.25) is 0 Å². The van der Waals surface area contributed by atoms with Crippen LogP contribution in [-0.4, -0.2) is 6.54 Å². The zero-order valence-electron chi connectivity index (χ0n) is 7.55. The Hall–Kier alpha value is -0.780. The van der Waals surface area contributed by atoms with Gasteiger partial charge in [0.15, 0.2) is 0 Å². The predicted octanol–water partition coefficient (Wildman–Crippen LogP) is 2.73. The summed E-state index contributed by atoms with van der Waals surface area (Å²) in [5.41, 5.74) is 1.24. The standard InChI is InChI=1S/C11H12BrN/c1-3-7-13-9(2)10-5-4-6-11(12)8-10/h1,4-6,8-9,13H,7H2,2H3/t9-/m1/s1. The molecule has 2 heteroatoms. The van der Waals surface area contributed by atoms with Crippen LogP contribution < -0.4 is 5.32 Å². The summed E-state index contributed by atoms with van der Waals surface area (Å²) in [6, 6.07) is 8.51. The van der Waals surface area contributed by atoms with Crippen LogP contribution in [0.5, 0.6) is 0 Å². The van der Waals surface area contributed by atoms with Crippen molar-refractivity contribution < 1.29 is 0 Å². The van der Waals surface area contributed by atoms with E-state index in [4.69, 9.17) is 6.42 Å². The van der Waals surface area contributed by atoms with Gasteiger partial charge in [0.05, 0.1) is 6.54 Å². The highest BCUT2D eigenvalue weighted by Gasteiger charge is 2.02. The summed E-state index contributed by atoms with van der Waals surface area (Å²) in [4.78, 5) is 0. The molecule has 0 unspecified atom stereocenters. The van der Waals surface area contributed by atoms with E-state index in [1.54, 1.807) is 0 Å². The SMILES string of the molecule is C#CCN[C@H](C)c1cccc(Br)c1. The molecule has 13 heavy (non-hydrogen) atoms. The summed E-state index contributed by atoms with van der Waals surface area (Å²) < 4.78 is 1.10. The normalized spacial score (nSPS) is 12.1. The highest BCUT2D eigenvalue weighted by atomic mass is 79.9. The van der Waals surface area contributed by atoms with Crippen molar-refractivity contribution in [2.75, 3.05) is 6.54 Å². The minimum atomic E-state index is 0.300. The lowest BCUT2D eigenvalue weighted by molar-refractivity contribution is 0.623. The molecule has 0 aliphatic heterocycles. The van der Waals surface area contributed by atoms with Crippen LogP contribution in [0.3, 0.4) is 0 Å². The third-order valence-corrected chi connectivity index (χ3v) is 2.35. The Labute approximate surface area is 87.7 Å². The predicted molar refractivity (Wildman–Crippen MR) is 59.4 cm³/mol. The van der Waals surface area contributed by atoms with Gasteiger partial charge in [-0.3, -0.25) is 5.32 Å². The summed E-state index contributed by atoms with van der Waals surface area (Å²) in [6.45, 7) is 2.70. The van der Waals surface area contributed by atoms with Gasteiger partial charge in [-0.05, 0) is 24.6 Å². The van der Waals surface area contributed by atoms with E-state index in [2.05, 4.69) is 46.2 Å². The van der Waals surface area contributed by atoms with Crippen LogP contribution in [0.4, 0.5) is 0 Å². The lowest BCUT2D eigenvalue weighted by Gasteiger charge is -2.12. The molecule has 0 saturated carbocycles. The molecule has 0 aliphatic carbocycles. The maximum absolute atomic E-state index is 5.16. The molecule has 0 aliphatic rings. The summed E-state index contributed by atoms with van der Waals surface area (Å²) in [6.07, 6.45) is 5.16. The van der Waals surface area contributed by atoms with Crippen LogP contribution >= 0.6 is 15.9 Å². The van der Waals surface area contributed by atoms with Crippen molar-refractivity contribution >= 4 is 15.9 Å². The maximum atomic E-state index is 5.16. The van der Waals surface area contributed by atoms with Crippen molar-refractivity contribution in [3.8, 4) is 12.3 Å². The maximum Gasteiger partial charge on any atom is 0.0578 e. The number of terminal acetylenes is 1. The molecule has 1 N–H and O–H groups in total. The fourth-order valence-corrected chi connectivity index (χ4v) is 1.52. The molecule has 0 fully saturated rings. The molecule has 0 amide bonds. The van der Waals surface area contributed by atoms with E-state index in [0.717, 1.165) is 4.47 Å². The van der Waals surface area contributed by atoms with Crippen LogP contribution in [0, 0.1) is 12.3 Å². The topological polar surface area (TPSA) is 12.0 Å². The van der Waals surface area contributed by atoms with E-state index in [1.807, 2.05) is 12.1 Å². The van der Waals surface area contributed by atoms with E-state index in [0.29, 0.717) is 12.6 Å². The highest BCUT2D eigenvalue weighted by Crippen LogP contribution is 2.17. The van der Waals surface area contributed by atoms with Gasteiger partial charge in [-0.15, -0.1) is 6.42 Å². The minimum Gasteiger partial charge on any atom is -0.300 e. The van der Waals surface area contributed by atoms with Crippen LogP contribution in [0.25, 0.3) is 0 Å². The second-order valence-electron chi connectivity index (χ2n) is 2.86. The van der Waals surface area contributed by atoms with Gasteiger partial charge in [0, 0.05) is 10.5 Å². The molecule has 68 valence electrons. The molecule has 0 bridgehead atoms. The van der Waals surface area contributed by atoms with E-state index in [1.165, 1.54) is 5.56 Å². The molecule has 0 saturated heterocycles. The molecule has 0 spiro atoms. The number of hydrogen-bond donors (Lipinski definition) is 1. The summed E-state index contributed by atoms with van der Waals surface area (Å²) >= 11 is 3.43.